The highest BCUT2D eigenvalue weighted by molar-refractivity contribution is 5.75. The number of rotatable bonds is 7. The smallest absolute Gasteiger partial charge is 0.146 e. The first-order valence-corrected chi connectivity index (χ1v) is 9.44. The van der Waals surface area contributed by atoms with Crippen molar-refractivity contribution in [3.05, 3.63) is 89.4 Å². The molecule has 0 aliphatic rings. The Balaban J connectivity index is 1.54. The van der Waals surface area contributed by atoms with Gasteiger partial charge in [-0.1, -0.05) is 30.9 Å². The molecule has 0 bridgehead atoms. The van der Waals surface area contributed by atoms with Gasteiger partial charge in [0.25, 0.3) is 0 Å². The van der Waals surface area contributed by atoms with Crippen molar-refractivity contribution in [1.29, 1.82) is 0 Å². The fraction of sp³-hybridized carbons (Fsp3) is 0.240. The molecule has 0 fully saturated rings. The molecule has 0 saturated carbocycles. The number of ether oxygens (including phenoxy) is 1. The molecular weight excluding hydrogens is 348 g/mol. The zero-order chi connectivity index (χ0) is 19.8. The molecular formula is C25H24O3. The Kier molecular flexibility index (Phi) is 6.70. The molecule has 1 aromatic heterocycles. The van der Waals surface area contributed by atoms with E-state index >= 15 is 0 Å². The molecule has 0 aliphatic heterocycles. The average Bonchev–Trinajstić information content (AvgIpc) is 3.20. The van der Waals surface area contributed by atoms with Crippen LogP contribution in [0.1, 0.15) is 42.7 Å². The summed E-state index contributed by atoms with van der Waals surface area (Å²) in [5.74, 6) is 8.55. The summed E-state index contributed by atoms with van der Waals surface area (Å²) < 4.78 is 10.9. The maximum Gasteiger partial charge on any atom is 0.146 e. The van der Waals surface area contributed by atoms with Crippen molar-refractivity contribution >= 4 is 5.78 Å². The normalized spacial score (nSPS) is 11.4. The lowest BCUT2D eigenvalue weighted by molar-refractivity contribution is -0.117. The Morgan fingerprint density at radius 1 is 1.00 bits per heavy atom. The fourth-order valence-electron chi connectivity index (χ4n) is 3.02. The second-order valence-corrected chi connectivity index (χ2v) is 7.05. The van der Waals surface area contributed by atoms with Crippen LogP contribution in [0.4, 0.5) is 0 Å². The summed E-state index contributed by atoms with van der Waals surface area (Å²) in [6.07, 6.45) is 3.17. The molecule has 0 radical (unpaired) electrons. The topological polar surface area (TPSA) is 39.4 Å². The first-order valence-electron chi connectivity index (χ1n) is 9.44. The molecule has 142 valence electrons. The summed E-state index contributed by atoms with van der Waals surface area (Å²) in [4.78, 5) is 11.2. The fourth-order valence-corrected chi connectivity index (χ4v) is 3.02. The highest BCUT2D eigenvalue weighted by Gasteiger charge is 2.06. The summed E-state index contributed by atoms with van der Waals surface area (Å²) in [5, 5.41) is 0. The van der Waals surface area contributed by atoms with Crippen LogP contribution < -0.4 is 4.74 Å². The third-order valence-electron chi connectivity index (χ3n) is 4.34. The van der Waals surface area contributed by atoms with Crippen molar-refractivity contribution in [2.24, 2.45) is 5.92 Å². The van der Waals surface area contributed by atoms with Crippen LogP contribution in [-0.4, -0.2) is 5.78 Å². The molecule has 1 atom stereocenters. The zero-order valence-corrected chi connectivity index (χ0v) is 16.3. The van der Waals surface area contributed by atoms with Gasteiger partial charge >= 0.3 is 0 Å². The Hall–Kier alpha value is -3.25. The highest BCUT2D eigenvalue weighted by atomic mass is 16.5. The van der Waals surface area contributed by atoms with E-state index < -0.39 is 0 Å². The van der Waals surface area contributed by atoms with Crippen LogP contribution in [0.3, 0.4) is 0 Å². The first-order chi connectivity index (χ1) is 13.6. The SMILES string of the molecule is CC(=O)CC(C)Cc1ccc(C#Cc2ccc(OCc3ccco3)cc2)cc1. The van der Waals surface area contributed by atoms with Crippen LogP contribution >= 0.6 is 0 Å². The molecule has 0 spiro atoms. The minimum atomic E-state index is 0.243. The van der Waals surface area contributed by atoms with Gasteiger partial charge < -0.3 is 13.9 Å². The first kappa shape index (κ1) is 19.5. The van der Waals surface area contributed by atoms with E-state index in [4.69, 9.17) is 9.15 Å². The summed E-state index contributed by atoms with van der Waals surface area (Å²) in [6, 6.07) is 19.7. The molecule has 1 unspecified atom stereocenters. The molecule has 0 saturated heterocycles. The molecule has 0 aliphatic carbocycles. The Labute approximate surface area is 166 Å². The second kappa shape index (κ2) is 9.62. The standard InChI is InChI=1S/C25H24O3/c1-19(16-20(2)26)17-23-9-7-21(8-10-23)5-6-22-11-13-24(14-12-22)28-18-25-4-3-15-27-25/h3-4,7-15,19H,16-18H2,1-2H3. The lowest BCUT2D eigenvalue weighted by Gasteiger charge is -2.09. The van der Waals surface area contributed by atoms with Crippen LogP contribution in [0.15, 0.2) is 71.3 Å². The van der Waals surface area contributed by atoms with E-state index in [1.54, 1.807) is 13.2 Å². The largest absolute Gasteiger partial charge is 0.486 e. The molecule has 0 amide bonds. The van der Waals surface area contributed by atoms with Gasteiger partial charge in [-0.2, -0.15) is 0 Å². The summed E-state index contributed by atoms with van der Waals surface area (Å²) >= 11 is 0. The van der Waals surface area contributed by atoms with E-state index in [9.17, 15) is 4.79 Å². The number of furan rings is 1. The van der Waals surface area contributed by atoms with Gasteiger partial charge in [-0.05, 0) is 73.4 Å². The minimum absolute atomic E-state index is 0.243. The van der Waals surface area contributed by atoms with Crippen molar-refractivity contribution in [3.63, 3.8) is 0 Å². The van der Waals surface area contributed by atoms with Gasteiger partial charge in [0.05, 0.1) is 6.26 Å². The van der Waals surface area contributed by atoms with Crippen LogP contribution in [0.25, 0.3) is 0 Å². The third-order valence-corrected chi connectivity index (χ3v) is 4.34. The van der Waals surface area contributed by atoms with Crippen molar-refractivity contribution in [2.45, 2.75) is 33.3 Å². The van der Waals surface area contributed by atoms with Crippen molar-refractivity contribution in [2.75, 3.05) is 0 Å². The second-order valence-electron chi connectivity index (χ2n) is 7.05. The van der Waals surface area contributed by atoms with Crippen molar-refractivity contribution in [1.82, 2.24) is 0 Å². The van der Waals surface area contributed by atoms with Crippen LogP contribution in [0, 0.1) is 17.8 Å². The number of carbonyl (C=O) groups excluding carboxylic acids is 1. The maximum atomic E-state index is 11.2. The van der Waals surface area contributed by atoms with E-state index in [1.807, 2.05) is 48.5 Å². The number of ketones is 1. The Bertz CT molecular complexity index is 940. The number of benzene rings is 2. The zero-order valence-electron chi connectivity index (χ0n) is 16.3. The lowest BCUT2D eigenvalue weighted by Crippen LogP contribution is -2.04. The van der Waals surface area contributed by atoms with Crippen molar-refractivity contribution in [3.8, 4) is 17.6 Å². The highest BCUT2D eigenvalue weighted by Crippen LogP contribution is 2.15. The monoisotopic (exact) mass is 372 g/mol. The van der Waals surface area contributed by atoms with Gasteiger partial charge in [0.2, 0.25) is 0 Å². The molecule has 28 heavy (non-hydrogen) atoms. The predicted octanol–water partition coefficient (Wildman–Crippen LogP) is 5.42. The predicted molar refractivity (Wildman–Crippen MR) is 110 cm³/mol. The summed E-state index contributed by atoms with van der Waals surface area (Å²) in [5.41, 5.74) is 3.14. The molecule has 3 aromatic rings. The van der Waals surface area contributed by atoms with Gasteiger partial charge in [0.1, 0.15) is 23.9 Å². The Morgan fingerprint density at radius 2 is 1.64 bits per heavy atom. The van der Waals surface area contributed by atoms with Gasteiger partial charge in [0.15, 0.2) is 0 Å². The van der Waals surface area contributed by atoms with E-state index in [-0.39, 0.29) is 5.78 Å². The third kappa shape index (κ3) is 6.17. The van der Waals surface area contributed by atoms with Crippen molar-refractivity contribution < 1.29 is 13.9 Å². The summed E-state index contributed by atoms with van der Waals surface area (Å²) in [6.45, 7) is 4.17. The Morgan fingerprint density at radius 3 is 2.21 bits per heavy atom. The van der Waals surface area contributed by atoms with Gasteiger partial charge in [-0.25, -0.2) is 0 Å². The van der Waals surface area contributed by atoms with Gasteiger partial charge in [-0.3, -0.25) is 0 Å². The number of carbonyl (C=O) groups is 1. The maximum absolute atomic E-state index is 11.2. The average molecular weight is 372 g/mol. The number of hydrogen-bond acceptors (Lipinski definition) is 3. The van der Waals surface area contributed by atoms with Crippen LogP contribution in [-0.2, 0) is 17.8 Å². The number of Topliss-reactive ketones (excluding diaryl/α,β-unsaturated/α-hetero) is 1. The van der Waals surface area contributed by atoms with E-state index in [1.165, 1.54) is 5.56 Å². The molecule has 2 aromatic carbocycles. The van der Waals surface area contributed by atoms with Crippen LogP contribution in [0.5, 0.6) is 5.75 Å². The molecule has 3 rings (SSSR count). The molecule has 0 N–H and O–H groups in total. The van der Waals surface area contributed by atoms with Gasteiger partial charge in [-0.15, -0.1) is 0 Å². The van der Waals surface area contributed by atoms with Crippen LogP contribution in [0.2, 0.25) is 0 Å². The van der Waals surface area contributed by atoms with E-state index in [0.29, 0.717) is 18.9 Å². The van der Waals surface area contributed by atoms with E-state index in [2.05, 4.69) is 30.9 Å². The van der Waals surface area contributed by atoms with Gasteiger partial charge in [0, 0.05) is 17.5 Å². The van der Waals surface area contributed by atoms with E-state index in [0.717, 1.165) is 29.1 Å². The quantitative estimate of drug-likeness (QED) is 0.520. The molecule has 1 heterocycles. The molecule has 3 heteroatoms. The molecule has 3 nitrogen and oxygen atoms in total. The lowest BCUT2D eigenvalue weighted by atomic mass is 9.96. The number of hydrogen-bond donors (Lipinski definition) is 0. The summed E-state index contributed by atoms with van der Waals surface area (Å²) in [7, 11) is 0. The minimum Gasteiger partial charge on any atom is -0.486 e.